The summed E-state index contributed by atoms with van der Waals surface area (Å²) in [7, 11) is 1.77. The van der Waals surface area contributed by atoms with Crippen molar-refractivity contribution >= 4 is 18.0 Å². The van der Waals surface area contributed by atoms with Crippen LogP contribution in [0.15, 0.2) is 0 Å². The van der Waals surface area contributed by atoms with Gasteiger partial charge in [-0.25, -0.2) is 0 Å². The summed E-state index contributed by atoms with van der Waals surface area (Å²) >= 11 is 0. The molecule has 2 rings (SSSR count). The van der Waals surface area contributed by atoms with Crippen LogP contribution in [0.1, 0.15) is 38.5 Å². The van der Waals surface area contributed by atoms with Crippen LogP contribution in [0.5, 0.6) is 0 Å². The predicted molar refractivity (Wildman–Crippen MR) is 70.6 cm³/mol. The summed E-state index contributed by atoms with van der Waals surface area (Å²) in [6, 6.07) is -0.796. The van der Waals surface area contributed by atoms with Crippen molar-refractivity contribution in [3.05, 3.63) is 0 Å². The lowest BCUT2D eigenvalue weighted by Gasteiger charge is -2.28. The summed E-state index contributed by atoms with van der Waals surface area (Å²) in [6.07, 6.45) is 6.60. The molecule has 2 fully saturated rings. The second kappa shape index (κ2) is 6.28. The molecule has 2 atom stereocenters. The smallest absolute Gasteiger partial charge is 0.238 e. The largest absolute Gasteiger partial charge is 0.345 e. The minimum Gasteiger partial charge on any atom is -0.345 e. The molecule has 0 bridgehead atoms. The average Bonchev–Trinajstić information content (AvgIpc) is 2.76. The van der Waals surface area contributed by atoms with E-state index in [0.717, 1.165) is 32.0 Å². The number of likely N-dealkylation sites (tertiary alicyclic amines) is 1. The SMILES string of the molecule is CN1CC(=O)C[C@H]1C(=O)N[C@H](C=O)C1CCCCC1. The Balaban J connectivity index is 1.92. The number of amides is 1. The third-order valence-electron chi connectivity index (χ3n) is 4.29. The second-order valence-electron chi connectivity index (χ2n) is 5.74. The van der Waals surface area contributed by atoms with E-state index in [1.807, 2.05) is 0 Å². The van der Waals surface area contributed by atoms with E-state index in [1.165, 1.54) is 6.42 Å². The molecule has 0 unspecified atom stereocenters. The van der Waals surface area contributed by atoms with Crippen LogP contribution in [0.2, 0.25) is 0 Å². The van der Waals surface area contributed by atoms with E-state index in [1.54, 1.807) is 11.9 Å². The van der Waals surface area contributed by atoms with E-state index >= 15 is 0 Å². The van der Waals surface area contributed by atoms with Crippen LogP contribution in [-0.2, 0) is 14.4 Å². The van der Waals surface area contributed by atoms with Crippen LogP contribution in [-0.4, -0.2) is 48.6 Å². The van der Waals surface area contributed by atoms with Crippen LogP contribution in [0.25, 0.3) is 0 Å². The lowest BCUT2D eigenvalue weighted by molar-refractivity contribution is -0.128. The molecule has 0 radical (unpaired) electrons. The molecule has 0 aromatic rings. The molecule has 1 aliphatic heterocycles. The Hall–Kier alpha value is -1.23. The van der Waals surface area contributed by atoms with E-state index in [2.05, 4.69) is 5.32 Å². The first-order valence-electron chi connectivity index (χ1n) is 7.09. The maximum Gasteiger partial charge on any atom is 0.238 e. The van der Waals surface area contributed by atoms with Gasteiger partial charge in [-0.3, -0.25) is 14.5 Å². The van der Waals surface area contributed by atoms with Crippen molar-refractivity contribution in [1.82, 2.24) is 10.2 Å². The van der Waals surface area contributed by atoms with Gasteiger partial charge in [-0.1, -0.05) is 19.3 Å². The van der Waals surface area contributed by atoms with Crippen LogP contribution in [0, 0.1) is 5.92 Å². The Kier molecular flexibility index (Phi) is 4.69. The summed E-state index contributed by atoms with van der Waals surface area (Å²) < 4.78 is 0. The molecular formula is C14H22N2O3. The molecule has 0 spiro atoms. The summed E-state index contributed by atoms with van der Waals surface area (Å²) in [5.41, 5.74) is 0. The Morgan fingerprint density at radius 1 is 1.37 bits per heavy atom. The highest BCUT2D eigenvalue weighted by atomic mass is 16.2. The summed E-state index contributed by atoms with van der Waals surface area (Å²) in [4.78, 5) is 36.4. The van der Waals surface area contributed by atoms with E-state index in [0.29, 0.717) is 6.54 Å². The molecule has 5 heteroatoms. The zero-order valence-electron chi connectivity index (χ0n) is 11.4. The van der Waals surface area contributed by atoms with Gasteiger partial charge >= 0.3 is 0 Å². The first-order valence-corrected chi connectivity index (χ1v) is 7.09. The minimum absolute atomic E-state index is 0.0861. The van der Waals surface area contributed by atoms with E-state index < -0.39 is 12.1 Å². The van der Waals surface area contributed by atoms with Crippen molar-refractivity contribution in [1.29, 1.82) is 0 Å². The Morgan fingerprint density at radius 3 is 2.58 bits per heavy atom. The molecule has 1 aliphatic carbocycles. The average molecular weight is 266 g/mol. The molecule has 1 heterocycles. The van der Waals surface area contributed by atoms with Crippen molar-refractivity contribution in [2.45, 2.75) is 50.6 Å². The normalized spacial score (nSPS) is 27.2. The highest BCUT2D eigenvalue weighted by Gasteiger charge is 2.35. The monoisotopic (exact) mass is 266 g/mol. The van der Waals surface area contributed by atoms with Crippen molar-refractivity contribution in [3.63, 3.8) is 0 Å². The zero-order chi connectivity index (χ0) is 13.8. The topological polar surface area (TPSA) is 66.5 Å². The predicted octanol–water partition coefficient (Wildman–Crippen LogP) is 0.524. The molecule has 1 saturated carbocycles. The number of ketones is 1. The van der Waals surface area contributed by atoms with Crippen molar-refractivity contribution in [2.24, 2.45) is 5.92 Å². The van der Waals surface area contributed by atoms with E-state index in [4.69, 9.17) is 0 Å². The molecule has 1 saturated heterocycles. The minimum atomic E-state index is -0.404. The third kappa shape index (κ3) is 3.41. The highest BCUT2D eigenvalue weighted by Crippen LogP contribution is 2.26. The lowest BCUT2D eigenvalue weighted by Crippen LogP contribution is -2.49. The maximum atomic E-state index is 12.1. The van der Waals surface area contributed by atoms with Gasteiger partial charge in [-0.15, -0.1) is 0 Å². The van der Waals surface area contributed by atoms with E-state index in [-0.39, 0.29) is 24.0 Å². The second-order valence-corrected chi connectivity index (χ2v) is 5.74. The van der Waals surface area contributed by atoms with Crippen LogP contribution >= 0.6 is 0 Å². The number of carbonyl (C=O) groups excluding carboxylic acids is 3. The van der Waals surface area contributed by atoms with Crippen molar-refractivity contribution in [3.8, 4) is 0 Å². The molecule has 0 aromatic carbocycles. The number of carbonyl (C=O) groups is 3. The van der Waals surface area contributed by atoms with Gasteiger partial charge in [0.1, 0.15) is 12.1 Å². The number of Topliss-reactive ketones (excluding diaryl/α,β-unsaturated/α-hetero) is 1. The van der Waals surface area contributed by atoms with Gasteiger partial charge in [0.15, 0.2) is 0 Å². The summed E-state index contributed by atoms with van der Waals surface area (Å²) in [5, 5.41) is 2.83. The number of likely N-dealkylation sites (N-methyl/N-ethyl adjacent to an activating group) is 1. The van der Waals surface area contributed by atoms with Crippen molar-refractivity contribution in [2.75, 3.05) is 13.6 Å². The quantitative estimate of drug-likeness (QED) is 0.754. The van der Waals surface area contributed by atoms with Gasteiger partial charge in [0, 0.05) is 6.42 Å². The molecule has 1 N–H and O–H groups in total. The fourth-order valence-electron chi connectivity index (χ4n) is 3.13. The molecular weight excluding hydrogens is 244 g/mol. The molecule has 106 valence electrons. The number of hydrogen-bond acceptors (Lipinski definition) is 4. The standard InChI is InChI=1S/C14H22N2O3/c1-16-8-11(18)7-13(16)14(19)15-12(9-17)10-5-3-2-4-6-10/h9-10,12-13H,2-8H2,1H3,(H,15,19)/t12-,13+/m1/s1. The number of nitrogens with zero attached hydrogens (tertiary/aromatic N) is 1. The molecule has 5 nitrogen and oxygen atoms in total. The number of hydrogen-bond donors (Lipinski definition) is 1. The zero-order valence-corrected chi connectivity index (χ0v) is 11.4. The number of nitrogens with one attached hydrogen (secondary N) is 1. The van der Waals surface area contributed by atoms with Gasteiger partial charge in [0.05, 0.1) is 18.6 Å². The first kappa shape index (κ1) is 14.2. The van der Waals surface area contributed by atoms with Gasteiger partial charge in [0.25, 0.3) is 0 Å². The fourth-order valence-corrected chi connectivity index (χ4v) is 3.13. The molecule has 19 heavy (non-hydrogen) atoms. The number of rotatable bonds is 4. The summed E-state index contributed by atoms with van der Waals surface area (Å²) in [6.45, 7) is 0.327. The Labute approximate surface area is 113 Å². The van der Waals surface area contributed by atoms with Crippen molar-refractivity contribution < 1.29 is 14.4 Å². The lowest BCUT2D eigenvalue weighted by atomic mass is 9.84. The van der Waals surface area contributed by atoms with Crippen LogP contribution in [0.4, 0.5) is 0 Å². The first-order chi connectivity index (χ1) is 9.11. The van der Waals surface area contributed by atoms with Crippen LogP contribution in [0.3, 0.4) is 0 Å². The van der Waals surface area contributed by atoms with Crippen LogP contribution < -0.4 is 5.32 Å². The van der Waals surface area contributed by atoms with Gasteiger partial charge < -0.3 is 10.1 Å². The van der Waals surface area contributed by atoms with E-state index in [9.17, 15) is 14.4 Å². The van der Waals surface area contributed by atoms with Gasteiger partial charge in [-0.2, -0.15) is 0 Å². The number of aldehydes is 1. The fraction of sp³-hybridized carbons (Fsp3) is 0.786. The maximum absolute atomic E-state index is 12.1. The highest BCUT2D eigenvalue weighted by molar-refractivity contribution is 5.94. The molecule has 1 amide bonds. The molecule has 0 aromatic heterocycles. The molecule has 2 aliphatic rings. The van der Waals surface area contributed by atoms with Gasteiger partial charge in [-0.05, 0) is 25.8 Å². The Morgan fingerprint density at radius 2 is 2.05 bits per heavy atom. The summed E-state index contributed by atoms with van der Waals surface area (Å²) in [5.74, 6) is 0.164. The third-order valence-corrected chi connectivity index (χ3v) is 4.29. The van der Waals surface area contributed by atoms with Gasteiger partial charge in [0.2, 0.25) is 5.91 Å². The Bertz CT molecular complexity index is 364.